The molecule has 1 heterocycles. The molecule has 1 saturated heterocycles. The summed E-state index contributed by atoms with van der Waals surface area (Å²) in [7, 11) is 0. The maximum Gasteiger partial charge on any atom is 0.130 e. The Morgan fingerprint density at radius 3 is 2.48 bits per heavy atom. The molecule has 2 rings (SSSR count). The van der Waals surface area contributed by atoms with Crippen LogP contribution >= 0.6 is 0 Å². The van der Waals surface area contributed by atoms with Gasteiger partial charge in [0.25, 0.3) is 0 Å². The molecule has 118 valence electrons. The second kappa shape index (κ2) is 7.82. The molecule has 1 aromatic carbocycles. The van der Waals surface area contributed by atoms with Crippen LogP contribution in [0.1, 0.15) is 31.4 Å². The molecule has 5 heteroatoms. The summed E-state index contributed by atoms with van der Waals surface area (Å²) in [6.45, 7) is 5.46. The quantitative estimate of drug-likeness (QED) is 0.846. The Bertz CT molecular complexity index is 428. The van der Waals surface area contributed by atoms with Crippen molar-refractivity contribution in [1.29, 1.82) is 0 Å². The van der Waals surface area contributed by atoms with E-state index in [1.54, 1.807) is 6.92 Å². The van der Waals surface area contributed by atoms with Crippen molar-refractivity contribution in [3.05, 3.63) is 35.4 Å². The van der Waals surface area contributed by atoms with E-state index in [4.69, 9.17) is 5.11 Å². The number of aliphatic hydroxyl groups is 1. The summed E-state index contributed by atoms with van der Waals surface area (Å²) in [5.74, 6) is -0.460. The maximum absolute atomic E-state index is 13.7. The van der Waals surface area contributed by atoms with Crippen LogP contribution in [0, 0.1) is 17.6 Å². The Balaban J connectivity index is 1.81. The second-order valence-corrected chi connectivity index (χ2v) is 5.77. The molecule has 0 spiro atoms. The summed E-state index contributed by atoms with van der Waals surface area (Å²) < 4.78 is 27.4. The first kappa shape index (κ1) is 16.3. The van der Waals surface area contributed by atoms with Crippen LogP contribution in [0.25, 0.3) is 0 Å². The third-order valence-electron chi connectivity index (χ3n) is 4.27. The molecule has 0 aliphatic carbocycles. The molecular weight excluding hydrogens is 274 g/mol. The number of aliphatic hydroxyl groups excluding tert-OH is 1. The van der Waals surface area contributed by atoms with Crippen molar-refractivity contribution < 1.29 is 13.9 Å². The molecule has 0 saturated carbocycles. The zero-order chi connectivity index (χ0) is 15.2. The molecule has 1 fully saturated rings. The number of piperidine rings is 1. The van der Waals surface area contributed by atoms with Crippen LogP contribution in [-0.4, -0.2) is 42.8 Å². The lowest BCUT2D eigenvalue weighted by atomic mass is 9.96. The van der Waals surface area contributed by atoms with E-state index < -0.39 is 11.6 Å². The number of rotatable bonds is 6. The number of hydrogen-bond donors (Lipinski definition) is 2. The van der Waals surface area contributed by atoms with Crippen LogP contribution in [0.5, 0.6) is 0 Å². The Labute approximate surface area is 125 Å². The van der Waals surface area contributed by atoms with Gasteiger partial charge in [0.2, 0.25) is 0 Å². The highest BCUT2D eigenvalue weighted by Gasteiger charge is 2.21. The van der Waals surface area contributed by atoms with Crippen molar-refractivity contribution in [1.82, 2.24) is 10.2 Å². The highest BCUT2D eigenvalue weighted by molar-refractivity contribution is 5.22. The lowest BCUT2D eigenvalue weighted by molar-refractivity contribution is 0.145. The number of nitrogens with zero attached hydrogens (tertiary/aromatic N) is 1. The zero-order valence-corrected chi connectivity index (χ0v) is 12.5. The van der Waals surface area contributed by atoms with Gasteiger partial charge in [-0.15, -0.1) is 0 Å². The molecule has 1 aliphatic heterocycles. The average Bonchev–Trinajstić information content (AvgIpc) is 2.47. The summed E-state index contributed by atoms with van der Waals surface area (Å²) in [6, 6.07) is 3.65. The molecule has 2 N–H and O–H groups in total. The Hall–Kier alpha value is -1.04. The van der Waals surface area contributed by atoms with Crippen LogP contribution in [0.4, 0.5) is 8.78 Å². The maximum atomic E-state index is 13.7. The topological polar surface area (TPSA) is 35.5 Å². The van der Waals surface area contributed by atoms with E-state index in [1.807, 2.05) is 0 Å². The third kappa shape index (κ3) is 4.46. The van der Waals surface area contributed by atoms with E-state index in [0.29, 0.717) is 5.92 Å². The predicted molar refractivity (Wildman–Crippen MR) is 79.0 cm³/mol. The first-order valence-corrected chi connectivity index (χ1v) is 7.62. The lowest BCUT2D eigenvalue weighted by Crippen LogP contribution is -2.39. The molecule has 0 amide bonds. The summed E-state index contributed by atoms with van der Waals surface area (Å²) in [6.07, 6.45) is 2.11. The fourth-order valence-corrected chi connectivity index (χ4v) is 2.93. The van der Waals surface area contributed by atoms with E-state index >= 15 is 0 Å². The van der Waals surface area contributed by atoms with Crippen molar-refractivity contribution in [3.63, 3.8) is 0 Å². The molecule has 1 aromatic rings. The third-order valence-corrected chi connectivity index (χ3v) is 4.27. The largest absolute Gasteiger partial charge is 0.395 e. The van der Waals surface area contributed by atoms with Gasteiger partial charge in [-0.1, -0.05) is 6.07 Å². The number of β-amino-alcohol motifs (C(OH)–C–C–N with tert-alkyl or cyclic N) is 1. The van der Waals surface area contributed by atoms with Crippen molar-refractivity contribution >= 4 is 0 Å². The SMILES string of the molecule is C[C@H](NCC1CCN(CCO)CC1)c1c(F)cccc1F. The lowest BCUT2D eigenvalue weighted by Gasteiger charge is -2.32. The van der Waals surface area contributed by atoms with E-state index in [9.17, 15) is 8.78 Å². The van der Waals surface area contributed by atoms with Crippen LogP contribution in [0.15, 0.2) is 18.2 Å². The Kier molecular flexibility index (Phi) is 6.08. The first-order valence-electron chi connectivity index (χ1n) is 7.62. The van der Waals surface area contributed by atoms with Crippen molar-refractivity contribution in [2.24, 2.45) is 5.92 Å². The van der Waals surface area contributed by atoms with Gasteiger partial charge in [0, 0.05) is 18.2 Å². The first-order chi connectivity index (χ1) is 10.1. The van der Waals surface area contributed by atoms with Gasteiger partial charge < -0.3 is 15.3 Å². The van der Waals surface area contributed by atoms with Gasteiger partial charge in [0.15, 0.2) is 0 Å². The summed E-state index contributed by atoms with van der Waals surface area (Å²) >= 11 is 0. The van der Waals surface area contributed by atoms with Gasteiger partial charge in [-0.25, -0.2) is 8.78 Å². The van der Waals surface area contributed by atoms with E-state index in [0.717, 1.165) is 39.0 Å². The van der Waals surface area contributed by atoms with Gasteiger partial charge in [-0.05, 0) is 57.5 Å². The molecule has 3 nitrogen and oxygen atoms in total. The predicted octanol–water partition coefficient (Wildman–Crippen LogP) is 2.32. The van der Waals surface area contributed by atoms with Gasteiger partial charge in [-0.3, -0.25) is 0 Å². The number of likely N-dealkylation sites (tertiary alicyclic amines) is 1. The zero-order valence-electron chi connectivity index (χ0n) is 12.5. The van der Waals surface area contributed by atoms with Crippen LogP contribution in [0.3, 0.4) is 0 Å². The van der Waals surface area contributed by atoms with Gasteiger partial charge >= 0.3 is 0 Å². The summed E-state index contributed by atoms with van der Waals surface area (Å²) in [4.78, 5) is 2.25. The normalized spacial score (nSPS) is 18.9. The molecule has 0 radical (unpaired) electrons. The van der Waals surface area contributed by atoms with Crippen molar-refractivity contribution in [2.75, 3.05) is 32.8 Å². The molecule has 21 heavy (non-hydrogen) atoms. The van der Waals surface area contributed by atoms with E-state index in [2.05, 4.69) is 10.2 Å². The highest BCUT2D eigenvalue weighted by atomic mass is 19.1. The summed E-state index contributed by atoms with van der Waals surface area (Å²) in [5.41, 5.74) is 0.121. The monoisotopic (exact) mass is 298 g/mol. The van der Waals surface area contributed by atoms with Gasteiger partial charge in [-0.2, -0.15) is 0 Å². The number of hydrogen-bond acceptors (Lipinski definition) is 3. The minimum Gasteiger partial charge on any atom is -0.395 e. The van der Waals surface area contributed by atoms with E-state index in [-0.39, 0.29) is 18.2 Å². The van der Waals surface area contributed by atoms with Crippen molar-refractivity contribution in [3.8, 4) is 0 Å². The fourth-order valence-electron chi connectivity index (χ4n) is 2.93. The van der Waals surface area contributed by atoms with Crippen molar-refractivity contribution in [2.45, 2.75) is 25.8 Å². The van der Waals surface area contributed by atoms with Gasteiger partial charge in [0.1, 0.15) is 11.6 Å². The second-order valence-electron chi connectivity index (χ2n) is 5.77. The Morgan fingerprint density at radius 2 is 1.90 bits per heavy atom. The van der Waals surface area contributed by atoms with Crippen LogP contribution in [-0.2, 0) is 0 Å². The average molecular weight is 298 g/mol. The fraction of sp³-hybridized carbons (Fsp3) is 0.625. The van der Waals surface area contributed by atoms with Crippen LogP contribution in [0.2, 0.25) is 0 Å². The van der Waals surface area contributed by atoms with Gasteiger partial charge in [0.05, 0.1) is 6.61 Å². The minimum absolute atomic E-state index is 0.121. The number of halogens is 2. The minimum atomic E-state index is -0.493. The Morgan fingerprint density at radius 1 is 1.29 bits per heavy atom. The number of benzene rings is 1. The smallest absolute Gasteiger partial charge is 0.130 e. The summed E-state index contributed by atoms with van der Waals surface area (Å²) in [5, 5.41) is 12.2. The highest BCUT2D eigenvalue weighted by Crippen LogP contribution is 2.22. The molecule has 0 bridgehead atoms. The van der Waals surface area contributed by atoms with E-state index in [1.165, 1.54) is 18.2 Å². The molecular formula is C16H24F2N2O. The number of nitrogens with one attached hydrogen (secondary N) is 1. The standard InChI is InChI=1S/C16H24F2N2O/c1-12(16-14(17)3-2-4-15(16)18)19-11-13-5-7-20(8-6-13)9-10-21/h2-4,12-13,19,21H,5-11H2,1H3/t12-/m0/s1. The molecule has 1 atom stereocenters. The van der Waals surface area contributed by atoms with Crippen LogP contribution < -0.4 is 5.32 Å². The molecule has 0 unspecified atom stereocenters. The molecule has 0 aromatic heterocycles. The molecule has 1 aliphatic rings.